The van der Waals surface area contributed by atoms with Gasteiger partial charge in [-0.05, 0) is 12.1 Å². The van der Waals surface area contributed by atoms with E-state index in [1.54, 1.807) is 12.1 Å². The molecule has 0 aliphatic carbocycles. The Labute approximate surface area is 119 Å². The Bertz CT molecular complexity index is 391. The third-order valence-corrected chi connectivity index (χ3v) is 3.31. The van der Waals surface area contributed by atoms with Crippen LogP contribution >= 0.6 is 34.8 Å². The largest absolute Gasteiger partial charge is 0.374 e. The molecule has 0 spiro atoms. The van der Waals surface area contributed by atoms with Crippen LogP contribution in [0.2, 0.25) is 15.1 Å². The average Bonchev–Trinajstić information content (AvgIpc) is 2.32. The Morgan fingerprint density at radius 3 is 2.50 bits per heavy atom. The van der Waals surface area contributed by atoms with Gasteiger partial charge in [-0.15, -0.1) is 0 Å². The monoisotopic (exact) mass is 317 g/mol. The van der Waals surface area contributed by atoms with Gasteiger partial charge in [0.05, 0.1) is 16.7 Å². The molecule has 0 heterocycles. The summed E-state index contributed by atoms with van der Waals surface area (Å²) in [7, 11) is 0. The van der Waals surface area contributed by atoms with Gasteiger partial charge in [0.2, 0.25) is 0 Å². The Morgan fingerprint density at radius 2 is 1.83 bits per heavy atom. The molecule has 7 heteroatoms. The highest BCUT2D eigenvalue weighted by Crippen LogP contribution is 2.31. The molecule has 0 fully saturated rings. The van der Waals surface area contributed by atoms with E-state index in [9.17, 15) is 8.78 Å². The molecule has 0 aliphatic rings. The summed E-state index contributed by atoms with van der Waals surface area (Å²) in [5.74, 6) is 0. The molecule has 0 radical (unpaired) electrons. The van der Waals surface area contributed by atoms with Crippen LogP contribution < -0.4 is 5.32 Å². The zero-order valence-electron chi connectivity index (χ0n) is 9.36. The Kier molecular flexibility index (Phi) is 7.19. The van der Waals surface area contributed by atoms with E-state index in [2.05, 4.69) is 5.32 Å². The van der Waals surface area contributed by atoms with E-state index in [-0.39, 0.29) is 6.61 Å². The summed E-state index contributed by atoms with van der Waals surface area (Å²) in [5.41, 5.74) is 0.680. The van der Waals surface area contributed by atoms with E-state index >= 15 is 0 Å². The molecular formula is C11H12Cl3F2NO. The molecule has 0 bridgehead atoms. The molecule has 0 saturated carbocycles. The van der Waals surface area contributed by atoms with Gasteiger partial charge in [0.15, 0.2) is 0 Å². The van der Waals surface area contributed by atoms with Crippen molar-refractivity contribution in [2.45, 2.75) is 13.0 Å². The minimum Gasteiger partial charge on any atom is -0.374 e. The Morgan fingerprint density at radius 1 is 1.17 bits per heavy atom. The lowest BCUT2D eigenvalue weighted by molar-refractivity contribution is 0.0187. The van der Waals surface area contributed by atoms with Gasteiger partial charge in [0, 0.05) is 23.7 Å². The van der Waals surface area contributed by atoms with E-state index in [1.165, 1.54) is 0 Å². The minimum atomic E-state index is -2.44. The molecule has 102 valence electrons. The first-order valence-corrected chi connectivity index (χ1v) is 6.34. The number of halogens is 5. The molecule has 0 unspecified atom stereocenters. The van der Waals surface area contributed by atoms with Gasteiger partial charge in [0.1, 0.15) is 6.61 Å². The van der Waals surface area contributed by atoms with Crippen molar-refractivity contribution in [3.8, 4) is 0 Å². The fourth-order valence-corrected chi connectivity index (χ4v) is 1.94. The van der Waals surface area contributed by atoms with Crippen molar-refractivity contribution in [2.75, 3.05) is 19.8 Å². The first-order valence-electron chi connectivity index (χ1n) is 5.21. The normalized spacial score (nSPS) is 11.2. The fourth-order valence-electron chi connectivity index (χ4n) is 1.26. The maximum absolute atomic E-state index is 11.8. The third kappa shape index (κ3) is 5.24. The number of nitrogens with one attached hydrogen (secondary N) is 1. The first-order chi connectivity index (χ1) is 8.52. The highest BCUT2D eigenvalue weighted by atomic mass is 35.5. The highest BCUT2D eigenvalue weighted by Gasteiger charge is 2.09. The molecule has 0 amide bonds. The fraction of sp³-hybridized carbons (Fsp3) is 0.455. The first kappa shape index (κ1) is 15.9. The van der Waals surface area contributed by atoms with Crippen molar-refractivity contribution in [3.63, 3.8) is 0 Å². The number of hydrogen-bond donors (Lipinski definition) is 1. The van der Waals surface area contributed by atoms with Gasteiger partial charge in [0.25, 0.3) is 6.43 Å². The van der Waals surface area contributed by atoms with E-state index in [0.29, 0.717) is 33.7 Å². The molecular weight excluding hydrogens is 306 g/mol. The summed E-state index contributed by atoms with van der Waals surface area (Å²) in [5, 5.41) is 4.31. The number of hydrogen-bond acceptors (Lipinski definition) is 2. The third-order valence-electron chi connectivity index (χ3n) is 2.11. The quantitative estimate of drug-likeness (QED) is 0.605. The number of rotatable bonds is 7. The second kappa shape index (κ2) is 8.12. The molecule has 1 aromatic carbocycles. The molecule has 1 N–H and O–H groups in total. The van der Waals surface area contributed by atoms with Gasteiger partial charge in [-0.1, -0.05) is 34.8 Å². The maximum atomic E-state index is 11.8. The van der Waals surface area contributed by atoms with E-state index in [4.69, 9.17) is 39.5 Å². The molecule has 1 aromatic rings. The van der Waals surface area contributed by atoms with Gasteiger partial charge in [-0.2, -0.15) is 0 Å². The van der Waals surface area contributed by atoms with Crippen molar-refractivity contribution < 1.29 is 13.5 Å². The van der Waals surface area contributed by atoms with Gasteiger partial charge in [-0.25, -0.2) is 8.78 Å². The number of alkyl halides is 2. The van der Waals surface area contributed by atoms with Crippen LogP contribution in [-0.4, -0.2) is 26.2 Å². The standard InChI is InChI=1S/C11H12Cl3F2NO/c12-8-1-2-9(13)11(14)7(8)5-17-3-4-18-6-10(15)16/h1-2,10,17H,3-6H2. The SMILES string of the molecule is FC(F)COCCNCc1c(Cl)ccc(Cl)c1Cl. The van der Waals surface area contributed by atoms with Crippen LogP contribution in [0.4, 0.5) is 8.78 Å². The van der Waals surface area contributed by atoms with Crippen LogP contribution in [0.5, 0.6) is 0 Å². The molecule has 0 atom stereocenters. The van der Waals surface area contributed by atoms with E-state index in [0.717, 1.165) is 0 Å². The maximum Gasteiger partial charge on any atom is 0.261 e. The smallest absolute Gasteiger partial charge is 0.261 e. The highest BCUT2D eigenvalue weighted by molar-refractivity contribution is 6.44. The second-order valence-corrected chi connectivity index (χ2v) is 4.66. The second-order valence-electron chi connectivity index (χ2n) is 3.46. The average molecular weight is 319 g/mol. The zero-order chi connectivity index (χ0) is 13.5. The Balaban J connectivity index is 2.33. The minimum absolute atomic E-state index is 0.195. The van der Waals surface area contributed by atoms with Gasteiger partial charge >= 0.3 is 0 Å². The molecule has 0 aliphatic heterocycles. The van der Waals surface area contributed by atoms with Crippen molar-refractivity contribution in [1.82, 2.24) is 5.32 Å². The van der Waals surface area contributed by atoms with Crippen LogP contribution in [0.3, 0.4) is 0 Å². The van der Waals surface area contributed by atoms with Crippen LogP contribution in [-0.2, 0) is 11.3 Å². The van der Waals surface area contributed by atoms with Crippen LogP contribution in [0.25, 0.3) is 0 Å². The summed E-state index contributed by atoms with van der Waals surface area (Å²) in [6.07, 6.45) is -2.44. The summed E-state index contributed by atoms with van der Waals surface area (Å²) in [6.45, 7) is 0.461. The van der Waals surface area contributed by atoms with Crippen LogP contribution in [0.1, 0.15) is 5.56 Å². The molecule has 18 heavy (non-hydrogen) atoms. The van der Waals surface area contributed by atoms with Gasteiger partial charge < -0.3 is 10.1 Å². The molecule has 2 nitrogen and oxygen atoms in total. The number of ether oxygens (including phenoxy) is 1. The van der Waals surface area contributed by atoms with Crippen molar-refractivity contribution in [1.29, 1.82) is 0 Å². The predicted octanol–water partition coefficient (Wildman–Crippen LogP) is 4.02. The summed E-state index contributed by atoms with van der Waals surface area (Å²) in [4.78, 5) is 0. The van der Waals surface area contributed by atoms with Gasteiger partial charge in [-0.3, -0.25) is 0 Å². The molecule has 1 rings (SSSR count). The summed E-state index contributed by atoms with van der Waals surface area (Å²) < 4.78 is 28.2. The number of benzene rings is 1. The lowest BCUT2D eigenvalue weighted by atomic mass is 10.2. The van der Waals surface area contributed by atoms with Crippen molar-refractivity contribution in [3.05, 3.63) is 32.8 Å². The van der Waals surface area contributed by atoms with E-state index < -0.39 is 13.0 Å². The van der Waals surface area contributed by atoms with Crippen molar-refractivity contribution in [2.24, 2.45) is 0 Å². The topological polar surface area (TPSA) is 21.3 Å². The van der Waals surface area contributed by atoms with E-state index in [1.807, 2.05) is 0 Å². The molecule has 0 aromatic heterocycles. The Hall–Kier alpha value is -0.130. The lowest BCUT2D eigenvalue weighted by Crippen LogP contribution is -2.21. The van der Waals surface area contributed by atoms with Crippen molar-refractivity contribution >= 4 is 34.8 Å². The molecule has 0 saturated heterocycles. The summed E-state index contributed by atoms with van der Waals surface area (Å²) >= 11 is 17.8. The van der Waals surface area contributed by atoms with Crippen LogP contribution in [0, 0.1) is 0 Å². The zero-order valence-corrected chi connectivity index (χ0v) is 11.6. The summed E-state index contributed by atoms with van der Waals surface area (Å²) in [6, 6.07) is 3.27. The van der Waals surface area contributed by atoms with Crippen LogP contribution in [0.15, 0.2) is 12.1 Å². The predicted molar refractivity (Wildman–Crippen MR) is 70.0 cm³/mol. The lowest BCUT2D eigenvalue weighted by Gasteiger charge is -2.10.